The lowest BCUT2D eigenvalue weighted by Crippen LogP contribution is -2.43. The van der Waals surface area contributed by atoms with Crippen LogP contribution in [0.4, 0.5) is 4.79 Å². The maximum Gasteiger partial charge on any atom is 0.407 e. The van der Waals surface area contributed by atoms with Crippen LogP contribution in [0, 0.1) is 0 Å². The van der Waals surface area contributed by atoms with Gasteiger partial charge in [-0.25, -0.2) is 4.79 Å². The van der Waals surface area contributed by atoms with Crippen LogP contribution < -0.4 is 5.32 Å². The Kier molecular flexibility index (Phi) is 7.36. The quantitative estimate of drug-likeness (QED) is 0.621. The molecule has 0 aliphatic heterocycles. The molecule has 0 saturated carbocycles. The summed E-state index contributed by atoms with van der Waals surface area (Å²) >= 11 is 7.02. The molecule has 6 heteroatoms. The van der Waals surface area contributed by atoms with Crippen LogP contribution in [0.1, 0.15) is 6.92 Å². The molecule has 0 spiro atoms. The van der Waals surface area contributed by atoms with Gasteiger partial charge in [0.1, 0.15) is 6.04 Å². The van der Waals surface area contributed by atoms with E-state index in [4.69, 9.17) is 16.3 Å². The van der Waals surface area contributed by atoms with E-state index >= 15 is 0 Å². The lowest BCUT2D eigenvalue weighted by Gasteiger charge is -2.15. The Morgan fingerprint density at radius 3 is 2.63 bits per heavy atom. The van der Waals surface area contributed by atoms with Crippen molar-refractivity contribution < 1.29 is 14.3 Å². The molecule has 0 aromatic heterocycles. The number of nitrogens with one attached hydrogen (secondary N) is 1. The number of Topliss-reactive ketones (excluding diaryl/α,β-unsaturated/α-hetero) is 1. The van der Waals surface area contributed by atoms with E-state index in [0.29, 0.717) is 5.75 Å². The number of benzene rings is 1. The second kappa shape index (κ2) is 8.82. The third-order valence-corrected chi connectivity index (χ3v) is 3.62. The molecule has 4 nitrogen and oxygen atoms in total. The average molecular weight is 302 g/mol. The van der Waals surface area contributed by atoms with Gasteiger partial charge in [-0.05, 0) is 19.1 Å². The minimum Gasteiger partial charge on any atom is -0.450 e. The number of ketones is 1. The van der Waals surface area contributed by atoms with Crippen molar-refractivity contribution in [2.24, 2.45) is 0 Å². The zero-order valence-electron chi connectivity index (χ0n) is 10.6. The standard InChI is InChI=1S/C13H16ClNO3S/c1-2-18-13(17)15-11(12(16)8-14)9-19-10-6-4-3-5-7-10/h3-7,11H,2,8-9H2,1H3,(H,15,17). The lowest BCUT2D eigenvalue weighted by atomic mass is 10.2. The molecule has 0 aliphatic carbocycles. The van der Waals surface area contributed by atoms with E-state index in [1.165, 1.54) is 11.8 Å². The highest BCUT2D eigenvalue weighted by atomic mass is 35.5. The van der Waals surface area contributed by atoms with Crippen molar-refractivity contribution >= 4 is 35.2 Å². The van der Waals surface area contributed by atoms with E-state index < -0.39 is 12.1 Å². The van der Waals surface area contributed by atoms with Crippen molar-refractivity contribution in [3.63, 3.8) is 0 Å². The van der Waals surface area contributed by atoms with E-state index in [1.54, 1.807) is 6.92 Å². The molecule has 0 saturated heterocycles. The Morgan fingerprint density at radius 1 is 1.37 bits per heavy atom. The Balaban J connectivity index is 2.55. The Labute approximate surface area is 121 Å². The van der Waals surface area contributed by atoms with Crippen LogP contribution >= 0.6 is 23.4 Å². The van der Waals surface area contributed by atoms with Gasteiger partial charge in [-0.15, -0.1) is 23.4 Å². The van der Waals surface area contributed by atoms with E-state index in [2.05, 4.69) is 5.32 Å². The maximum absolute atomic E-state index is 11.7. The van der Waals surface area contributed by atoms with Gasteiger partial charge in [0.2, 0.25) is 0 Å². The second-order valence-electron chi connectivity index (χ2n) is 3.64. The molecule has 1 atom stereocenters. The fraction of sp³-hybridized carbons (Fsp3) is 0.385. The highest BCUT2D eigenvalue weighted by Gasteiger charge is 2.20. The molecule has 1 aromatic carbocycles. The molecular formula is C13H16ClNO3S. The van der Waals surface area contributed by atoms with E-state index in [1.807, 2.05) is 30.3 Å². The SMILES string of the molecule is CCOC(=O)NC(CSc1ccccc1)C(=O)CCl. The first kappa shape index (κ1) is 15.9. The molecular weight excluding hydrogens is 286 g/mol. The minimum atomic E-state index is -0.637. The second-order valence-corrected chi connectivity index (χ2v) is 5.00. The molecule has 0 aliphatic rings. The number of thioether (sulfide) groups is 1. The predicted molar refractivity (Wildman–Crippen MR) is 76.8 cm³/mol. The molecule has 1 aromatic rings. The molecule has 0 bridgehead atoms. The molecule has 0 heterocycles. The average Bonchev–Trinajstić information content (AvgIpc) is 2.44. The summed E-state index contributed by atoms with van der Waals surface area (Å²) in [5.74, 6) is 0.0685. The van der Waals surface area contributed by atoms with Crippen molar-refractivity contribution in [1.82, 2.24) is 5.32 Å². The third-order valence-electron chi connectivity index (χ3n) is 2.25. The Hall–Kier alpha value is -1.20. The highest BCUT2D eigenvalue weighted by molar-refractivity contribution is 7.99. The van der Waals surface area contributed by atoms with Crippen molar-refractivity contribution in [3.8, 4) is 0 Å². The monoisotopic (exact) mass is 301 g/mol. The fourth-order valence-corrected chi connectivity index (χ4v) is 2.48. The van der Waals surface area contributed by atoms with Crippen LogP contribution in [0.25, 0.3) is 0 Å². The van der Waals surface area contributed by atoms with Gasteiger partial charge in [0.15, 0.2) is 5.78 Å². The minimum absolute atomic E-state index is 0.133. The van der Waals surface area contributed by atoms with Crippen molar-refractivity contribution in [2.75, 3.05) is 18.2 Å². The summed E-state index contributed by atoms with van der Waals surface area (Å²) in [5.41, 5.74) is 0. The first-order valence-corrected chi connectivity index (χ1v) is 7.39. The number of carbonyl (C=O) groups excluding carboxylic acids is 2. The number of amides is 1. The van der Waals surface area contributed by atoms with E-state index in [9.17, 15) is 9.59 Å². The van der Waals surface area contributed by atoms with Crippen LogP contribution in [0.15, 0.2) is 35.2 Å². The normalized spacial score (nSPS) is 11.7. The number of hydrogen-bond acceptors (Lipinski definition) is 4. The molecule has 0 radical (unpaired) electrons. The molecule has 1 rings (SSSR count). The zero-order chi connectivity index (χ0) is 14.1. The van der Waals surface area contributed by atoms with Gasteiger partial charge in [0.05, 0.1) is 12.5 Å². The molecule has 1 unspecified atom stereocenters. The predicted octanol–water partition coefficient (Wildman–Crippen LogP) is 2.70. The highest BCUT2D eigenvalue weighted by Crippen LogP contribution is 2.18. The Bertz CT molecular complexity index is 414. The summed E-state index contributed by atoms with van der Waals surface area (Å²) in [6.07, 6.45) is -0.598. The van der Waals surface area contributed by atoms with Gasteiger partial charge in [0.25, 0.3) is 0 Å². The first-order valence-electron chi connectivity index (χ1n) is 5.87. The molecule has 104 valence electrons. The molecule has 19 heavy (non-hydrogen) atoms. The Morgan fingerprint density at radius 2 is 2.05 bits per heavy atom. The van der Waals surface area contributed by atoms with Crippen LogP contribution in [0.5, 0.6) is 0 Å². The van der Waals surface area contributed by atoms with Crippen LogP contribution in [-0.2, 0) is 9.53 Å². The van der Waals surface area contributed by atoms with E-state index in [-0.39, 0.29) is 18.3 Å². The van der Waals surface area contributed by atoms with Crippen molar-refractivity contribution in [1.29, 1.82) is 0 Å². The van der Waals surface area contributed by atoms with Crippen LogP contribution in [-0.4, -0.2) is 36.2 Å². The lowest BCUT2D eigenvalue weighted by molar-refractivity contribution is -0.118. The first-order chi connectivity index (χ1) is 9.17. The van der Waals surface area contributed by atoms with Gasteiger partial charge in [0, 0.05) is 10.6 Å². The molecule has 0 fully saturated rings. The number of carbonyl (C=O) groups is 2. The van der Waals surface area contributed by atoms with E-state index in [0.717, 1.165) is 4.90 Å². The maximum atomic E-state index is 11.7. The number of alkyl carbamates (subject to hydrolysis) is 1. The molecule has 1 amide bonds. The third kappa shape index (κ3) is 5.98. The fourth-order valence-electron chi connectivity index (χ4n) is 1.32. The van der Waals surface area contributed by atoms with Gasteiger partial charge in [-0.1, -0.05) is 18.2 Å². The summed E-state index contributed by atoms with van der Waals surface area (Å²) in [6.45, 7) is 1.97. The van der Waals surface area contributed by atoms with Crippen molar-refractivity contribution in [3.05, 3.63) is 30.3 Å². The largest absolute Gasteiger partial charge is 0.450 e. The number of halogens is 1. The van der Waals surface area contributed by atoms with Crippen molar-refractivity contribution in [2.45, 2.75) is 17.9 Å². The summed E-state index contributed by atoms with van der Waals surface area (Å²) in [6, 6.07) is 9.00. The smallest absolute Gasteiger partial charge is 0.407 e. The van der Waals surface area contributed by atoms with Gasteiger partial charge < -0.3 is 10.1 Å². The van der Waals surface area contributed by atoms with Crippen LogP contribution in [0.3, 0.4) is 0 Å². The zero-order valence-corrected chi connectivity index (χ0v) is 12.2. The summed E-state index contributed by atoms with van der Waals surface area (Å²) in [5, 5.41) is 2.52. The van der Waals surface area contributed by atoms with Gasteiger partial charge in [-0.3, -0.25) is 4.79 Å². The topological polar surface area (TPSA) is 55.4 Å². The summed E-state index contributed by atoms with van der Waals surface area (Å²) in [7, 11) is 0. The number of rotatable bonds is 7. The number of hydrogen-bond donors (Lipinski definition) is 1. The summed E-state index contributed by atoms with van der Waals surface area (Å²) < 4.78 is 4.76. The van der Waals surface area contributed by atoms with Gasteiger partial charge >= 0.3 is 6.09 Å². The number of alkyl halides is 1. The van der Waals surface area contributed by atoms with Gasteiger partial charge in [-0.2, -0.15) is 0 Å². The van der Waals surface area contributed by atoms with Crippen LogP contribution in [0.2, 0.25) is 0 Å². The number of ether oxygens (including phenoxy) is 1. The summed E-state index contributed by atoms with van der Waals surface area (Å²) in [4.78, 5) is 24.0. The molecule has 1 N–H and O–H groups in total.